The van der Waals surface area contributed by atoms with Gasteiger partial charge in [-0.05, 0) is 18.1 Å². The molecule has 0 saturated heterocycles. The van der Waals surface area contributed by atoms with Crippen molar-refractivity contribution in [2.45, 2.75) is 18.7 Å². The van der Waals surface area contributed by atoms with E-state index in [1.807, 2.05) is 13.8 Å². The smallest absolute Gasteiger partial charge is 0.239 e. The molecule has 2 N–H and O–H groups in total. The first-order chi connectivity index (χ1) is 10.7. The number of rotatable bonds is 8. The number of anilines is 1. The summed E-state index contributed by atoms with van der Waals surface area (Å²) < 4.78 is 34.3. The van der Waals surface area contributed by atoms with E-state index in [-0.39, 0.29) is 28.8 Å². The van der Waals surface area contributed by atoms with E-state index in [9.17, 15) is 13.2 Å². The second-order valence-electron chi connectivity index (χ2n) is 5.50. The molecule has 0 atom stereocenters. The lowest BCUT2D eigenvalue weighted by atomic mass is 10.2. The first-order valence-corrected chi connectivity index (χ1v) is 9.05. The number of sulfone groups is 1. The standard InChI is InChI=1S/C15H24N2O5S/c1-10(2)8-17-13(18)9-16-11-6-7-12(21-3)15(14(11)22-4)23(5,19)20/h6-7,10,16H,8-9H2,1-5H3,(H,17,18). The van der Waals surface area contributed by atoms with E-state index in [0.29, 0.717) is 18.2 Å². The Morgan fingerprint density at radius 3 is 2.35 bits per heavy atom. The number of carbonyl (C=O) groups is 1. The molecular formula is C15H24N2O5S. The van der Waals surface area contributed by atoms with Crippen LogP contribution in [0, 0.1) is 5.92 Å². The van der Waals surface area contributed by atoms with Crippen LogP contribution in [-0.4, -0.2) is 47.9 Å². The Hall–Kier alpha value is -1.96. The molecule has 23 heavy (non-hydrogen) atoms. The first-order valence-electron chi connectivity index (χ1n) is 7.16. The Bertz CT molecular complexity index is 656. The van der Waals surface area contributed by atoms with Crippen LogP contribution in [0.2, 0.25) is 0 Å². The molecule has 0 fully saturated rings. The van der Waals surface area contributed by atoms with Crippen molar-refractivity contribution in [3.8, 4) is 11.5 Å². The van der Waals surface area contributed by atoms with Gasteiger partial charge >= 0.3 is 0 Å². The van der Waals surface area contributed by atoms with E-state index in [1.165, 1.54) is 20.3 Å². The van der Waals surface area contributed by atoms with Crippen LogP contribution < -0.4 is 20.1 Å². The van der Waals surface area contributed by atoms with Gasteiger partial charge in [0.25, 0.3) is 0 Å². The Morgan fingerprint density at radius 1 is 1.22 bits per heavy atom. The summed E-state index contributed by atoms with van der Waals surface area (Å²) in [5.41, 5.74) is 0.411. The predicted octanol–water partition coefficient (Wildman–Crippen LogP) is 1.29. The highest BCUT2D eigenvalue weighted by Crippen LogP contribution is 2.39. The zero-order valence-electron chi connectivity index (χ0n) is 14.1. The SMILES string of the molecule is COc1ccc(NCC(=O)NCC(C)C)c(OC)c1S(C)(=O)=O. The van der Waals surface area contributed by atoms with Crippen molar-refractivity contribution in [2.24, 2.45) is 5.92 Å². The van der Waals surface area contributed by atoms with Gasteiger partial charge in [-0.3, -0.25) is 4.79 Å². The largest absolute Gasteiger partial charge is 0.495 e. The molecule has 0 aromatic heterocycles. The average Bonchev–Trinajstić information content (AvgIpc) is 2.48. The average molecular weight is 344 g/mol. The van der Waals surface area contributed by atoms with Crippen LogP contribution in [-0.2, 0) is 14.6 Å². The topological polar surface area (TPSA) is 93.7 Å². The fraction of sp³-hybridized carbons (Fsp3) is 0.533. The molecule has 0 heterocycles. The number of hydrogen-bond acceptors (Lipinski definition) is 6. The third kappa shape index (κ3) is 5.31. The maximum absolute atomic E-state index is 12.0. The summed E-state index contributed by atoms with van der Waals surface area (Å²) in [5.74, 6) is 0.492. The molecule has 1 rings (SSSR count). The van der Waals surface area contributed by atoms with Crippen LogP contribution in [0.15, 0.2) is 17.0 Å². The van der Waals surface area contributed by atoms with E-state index >= 15 is 0 Å². The summed E-state index contributed by atoms with van der Waals surface area (Å²) >= 11 is 0. The molecule has 0 aliphatic rings. The second kappa shape index (κ2) is 8.05. The van der Waals surface area contributed by atoms with Gasteiger partial charge in [0, 0.05) is 12.8 Å². The number of amides is 1. The second-order valence-corrected chi connectivity index (χ2v) is 7.45. The minimum absolute atomic E-state index is 0.0125. The van der Waals surface area contributed by atoms with E-state index < -0.39 is 9.84 Å². The third-order valence-corrected chi connectivity index (χ3v) is 4.15. The maximum atomic E-state index is 12.0. The lowest BCUT2D eigenvalue weighted by Crippen LogP contribution is -2.32. The Balaban J connectivity index is 3.02. The zero-order chi connectivity index (χ0) is 17.6. The van der Waals surface area contributed by atoms with Crippen LogP contribution in [0.3, 0.4) is 0 Å². The molecule has 7 nitrogen and oxygen atoms in total. The molecule has 0 aliphatic heterocycles. The van der Waals surface area contributed by atoms with Gasteiger partial charge in [0.15, 0.2) is 20.5 Å². The molecule has 8 heteroatoms. The number of nitrogens with one attached hydrogen (secondary N) is 2. The predicted molar refractivity (Wildman–Crippen MR) is 89.0 cm³/mol. The molecule has 0 unspecified atom stereocenters. The minimum Gasteiger partial charge on any atom is -0.495 e. The van der Waals surface area contributed by atoms with Crippen molar-refractivity contribution in [3.63, 3.8) is 0 Å². The molecule has 0 radical (unpaired) electrons. The Labute approximate surface area is 137 Å². The summed E-state index contributed by atoms with van der Waals surface area (Å²) in [6.07, 6.45) is 1.08. The quantitative estimate of drug-likeness (QED) is 0.738. The van der Waals surface area contributed by atoms with Crippen LogP contribution in [0.5, 0.6) is 11.5 Å². The molecule has 130 valence electrons. The summed E-state index contributed by atoms with van der Waals surface area (Å²) in [4.78, 5) is 11.7. The fourth-order valence-electron chi connectivity index (χ4n) is 1.95. The Morgan fingerprint density at radius 2 is 1.87 bits per heavy atom. The zero-order valence-corrected chi connectivity index (χ0v) is 14.9. The summed E-state index contributed by atoms with van der Waals surface area (Å²) in [6.45, 7) is 4.59. The van der Waals surface area contributed by atoms with Crippen LogP contribution in [0.25, 0.3) is 0 Å². The molecule has 1 aromatic carbocycles. The van der Waals surface area contributed by atoms with Gasteiger partial charge in [-0.25, -0.2) is 8.42 Å². The molecule has 0 spiro atoms. The highest BCUT2D eigenvalue weighted by molar-refractivity contribution is 7.91. The van der Waals surface area contributed by atoms with Gasteiger partial charge in [-0.15, -0.1) is 0 Å². The van der Waals surface area contributed by atoms with Crippen molar-refractivity contribution in [3.05, 3.63) is 12.1 Å². The lowest BCUT2D eigenvalue weighted by molar-refractivity contribution is -0.119. The van der Waals surface area contributed by atoms with Crippen molar-refractivity contribution < 1.29 is 22.7 Å². The van der Waals surface area contributed by atoms with Crippen molar-refractivity contribution >= 4 is 21.4 Å². The Kier molecular flexibility index (Phi) is 6.68. The van der Waals surface area contributed by atoms with E-state index in [0.717, 1.165) is 6.26 Å². The maximum Gasteiger partial charge on any atom is 0.239 e. The fourth-order valence-corrected chi connectivity index (χ4v) is 3.00. The summed E-state index contributed by atoms with van der Waals surface area (Å²) in [7, 11) is -0.808. The number of carbonyl (C=O) groups excluding carboxylic acids is 1. The number of ether oxygens (including phenoxy) is 2. The lowest BCUT2D eigenvalue weighted by Gasteiger charge is -2.17. The van der Waals surface area contributed by atoms with Gasteiger partial charge in [0.05, 0.1) is 26.5 Å². The van der Waals surface area contributed by atoms with Crippen LogP contribution in [0.1, 0.15) is 13.8 Å². The summed E-state index contributed by atoms with van der Waals surface area (Å²) in [5, 5.41) is 5.67. The van der Waals surface area contributed by atoms with Gasteiger partial charge in [0.1, 0.15) is 5.75 Å². The molecule has 0 aliphatic carbocycles. The highest BCUT2D eigenvalue weighted by atomic mass is 32.2. The van der Waals surface area contributed by atoms with Crippen molar-refractivity contribution in [2.75, 3.05) is 38.9 Å². The van der Waals surface area contributed by atoms with Crippen LogP contribution >= 0.6 is 0 Å². The number of methoxy groups -OCH3 is 2. The normalized spacial score (nSPS) is 11.2. The van der Waals surface area contributed by atoms with Gasteiger partial charge < -0.3 is 20.1 Å². The molecular weight excluding hydrogens is 320 g/mol. The highest BCUT2D eigenvalue weighted by Gasteiger charge is 2.23. The van der Waals surface area contributed by atoms with E-state index in [4.69, 9.17) is 9.47 Å². The summed E-state index contributed by atoms with van der Waals surface area (Å²) in [6, 6.07) is 3.13. The van der Waals surface area contributed by atoms with Gasteiger partial charge in [0.2, 0.25) is 5.91 Å². The number of hydrogen-bond donors (Lipinski definition) is 2. The van der Waals surface area contributed by atoms with Gasteiger partial charge in [-0.2, -0.15) is 0 Å². The molecule has 1 amide bonds. The minimum atomic E-state index is -3.56. The number of benzene rings is 1. The van der Waals surface area contributed by atoms with E-state index in [1.54, 1.807) is 6.07 Å². The van der Waals surface area contributed by atoms with Crippen molar-refractivity contribution in [1.82, 2.24) is 5.32 Å². The van der Waals surface area contributed by atoms with Crippen LogP contribution in [0.4, 0.5) is 5.69 Å². The molecule has 1 aromatic rings. The first kappa shape index (κ1) is 19.1. The molecule has 0 saturated carbocycles. The van der Waals surface area contributed by atoms with E-state index in [2.05, 4.69) is 10.6 Å². The molecule has 0 bridgehead atoms. The monoisotopic (exact) mass is 344 g/mol. The van der Waals surface area contributed by atoms with Crippen molar-refractivity contribution in [1.29, 1.82) is 0 Å². The third-order valence-electron chi connectivity index (χ3n) is 3.02. The van der Waals surface area contributed by atoms with Gasteiger partial charge in [-0.1, -0.05) is 13.8 Å².